The Morgan fingerprint density at radius 2 is 2.06 bits per heavy atom. The van der Waals surface area contributed by atoms with E-state index in [9.17, 15) is 9.18 Å². The van der Waals surface area contributed by atoms with E-state index in [-0.39, 0.29) is 18.7 Å². The first-order valence-corrected chi connectivity index (χ1v) is 5.09. The van der Waals surface area contributed by atoms with Crippen molar-refractivity contribution in [1.82, 2.24) is 0 Å². The zero-order chi connectivity index (χ0) is 12.3. The van der Waals surface area contributed by atoms with Gasteiger partial charge in [0.05, 0.1) is 7.11 Å². The Balaban J connectivity index is 3.31. The first-order valence-electron chi connectivity index (χ1n) is 5.09. The highest BCUT2D eigenvalue weighted by Crippen LogP contribution is 2.29. The van der Waals surface area contributed by atoms with Crippen molar-refractivity contribution >= 4 is 5.78 Å². The van der Waals surface area contributed by atoms with Gasteiger partial charge in [0.25, 0.3) is 0 Å². The number of ketones is 1. The van der Waals surface area contributed by atoms with E-state index in [1.165, 1.54) is 13.2 Å². The summed E-state index contributed by atoms with van der Waals surface area (Å²) in [4.78, 5) is 11.7. The Kier molecular flexibility index (Phi) is 4.01. The van der Waals surface area contributed by atoms with Crippen LogP contribution in [0.1, 0.15) is 27.9 Å². The number of nitrogens with two attached hydrogens (primary N) is 1. The third kappa shape index (κ3) is 2.22. The Bertz CT molecular complexity index is 416. The maximum absolute atomic E-state index is 13.5. The molecule has 0 atom stereocenters. The lowest BCUT2D eigenvalue weighted by Crippen LogP contribution is -2.11. The number of carbonyl (C=O) groups is 1. The van der Waals surface area contributed by atoms with Crippen molar-refractivity contribution in [3.63, 3.8) is 0 Å². The van der Waals surface area contributed by atoms with Gasteiger partial charge in [0.1, 0.15) is 11.6 Å². The molecule has 2 N–H and O–H groups in total. The molecule has 0 aliphatic rings. The minimum Gasteiger partial charge on any atom is -0.496 e. The van der Waals surface area contributed by atoms with Crippen LogP contribution in [0.2, 0.25) is 0 Å². The largest absolute Gasteiger partial charge is 0.496 e. The van der Waals surface area contributed by atoms with E-state index in [0.717, 1.165) is 0 Å². The molecule has 0 fully saturated rings. The van der Waals surface area contributed by atoms with Crippen molar-refractivity contribution in [3.05, 3.63) is 28.6 Å². The normalized spacial score (nSPS) is 10.3. The summed E-state index contributed by atoms with van der Waals surface area (Å²) in [6.07, 6.45) is 0.215. The molecule has 4 heteroatoms. The Labute approximate surface area is 94.4 Å². The van der Waals surface area contributed by atoms with Crippen LogP contribution in [0.4, 0.5) is 4.39 Å². The van der Waals surface area contributed by atoms with E-state index in [0.29, 0.717) is 22.4 Å². The molecule has 3 nitrogen and oxygen atoms in total. The molecular formula is C12H16FNO2. The minimum atomic E-state index is -0.428. The average molecular weight is 225 g/mol. The van der Waals surface area contributed by atoms with Crippen molar-refractivity contribution in [2.45, 2.75) is 20.3 Å². The molecule has 0 bridgehead atoms. The molecule has 0 aromatic heterocycles. The van der Waals surface area contributed by atoms with Crippen LogP contribution in [0.15, 0.2) is 6.07 Å². The number of benzene rings is 1. The summed E-state index contributed by atoms with van der Waals surface area (Å²) < 4.78 is 18.6. The minimum absolute atomic E-state index is 0.155. The van der Waals surface area contributed by atoms with Gasteiger partial charge < -0.3 is 10.5 Å². The van der Waals surface area contributed by atoms with Gasteiger partial charge in [0.15, 0.2) is 5.78 Å². The smallest absolute Gasteiger partial charge is 0.164 e. The highest BCUT2D eigenvalue weighted by Gasteiger charge is 2.17. The van der Waals surface area contributed by atoms with Crippen LogP contribution in [0.3, 0.4) is 0 Å². The third-order valence-electron chi connectivity index (χ3n) is 2.59. The zero-order valence-electron chi connectivity index (χ0n) is 9.76. The van der Waals surface area contributed by atoms with E-state index in [1.807, 2.05) is 0 Å². The summed E-state index contributed by atoms with van der Waals surface area (Å²) in [6, 6.07) is 1.26. The van der Waals surface area contributed by atoms with Crippen molar-refractivity contribution in [3.8, 4) is 5.75 Å². The van der Waals surface area contributed by atoms with Crippen LogP contribution >= 0.6 is 0 Å². The zero-order valence-corrected chi connectivity index (χ0v) is 9.76. The first-order chi connectivity index (χ1) is 7.52. The molecule has 0 saturated heterocycles. The van der Waals surface area contributed by atoms with Crippen LogP contribution in [-0.2, 0) is 0 Å². The third-order valence-corrected chi connectivity index (χ3v) is 2.59. The first kappa shape index (κ1) is 12.6. The second kappa shape index (κ2) is 5.07. The number of hydrogen-bond donors (Lipinski definition) is 1. The van der Waals surface area contributed by atoms with Crippen molar-refractivity contribution in [2.75, 3.05) is 13.7 Å². The molecule has 0 saturated carbocycles. The van der Waals surface area contributed by atoms with Gasteiger partial charge in [-0.15, -0.1) is 0 Å². The summed E-state index contributed by atoms with van der Waals surface area (Å²) in [6.45, 7) is 3.63. The molecule has 0 heterocycles. The fourth-order valence-corrected chi connectivity index (χ4v) is 1.72. The Hall–Kier alpha value is -1.42. The number of methoxy groups -OCH3 is 1. The van der Waals surface area contributed by atoms with E-state index in [4.69, 9.17) is 10.5 Å². The number of Topliss-reactive ketones (excluding diaryl/α,β-unsaturated/α-hetero) is 1. The number of halogens is 1. The summed E-state index contributed by atoms with van der Waals surface area (Å²) in [5.74, 6) is -0.152. The summed E-state index contributed by atoms with van der Waals surface area (Å²) in [5.41, 5.74) is 6.75. The van der Waals surface area contributed by atoms with E-state index in [1.54, 1.807) is 13.8 Å². The highest BCUT2D eigenvalue weighted by atomic mass is 19.1. The maximum atomic E-state index is 13.5. The summed E-state index contributed by atoms with van der Waals surface area (Å²) >= 11 is 0. The molecule has 0 radical (unpaired) electrons. The van der Waals surface area contributed by atoms with Gasteiger partial charge in [-0.2, -0.15) is 0 Å². The molecular weight excluding hydrogens is 209 g/mol. The average Bonchev–Trinajstić information content (AvgIpc) is 2.24. The molecule has 88 valence electrons. The lowest BCUT2D eigenvalue weighted by Gasteiger charge is -2.13. The van der Waals surface area contributed by atoms with Crippen LogP contribution in [-0.4, -0.2) is 19.4 Å². The van der Waals surface area contributed by atoms with Crippen LogP contribution in [0.25, 0.3) is 0 Å². The quantitative estimate of drug-likeness (QED) is 0.797. The lowest BCUT2D eigenvalue weighted by molar-refractivity contribution is 0.0984. The second-order valence-electron chi connectivity index (χ2n) is 3.65. The number of rotatable bonds is 4. The highest BCUT2D eigenvalue weighted by molar-refractivity contribution is 5.98. The second-order valence-corrected chi connectivity index (χ2v) is 3.65. The molecule has 1 aromatic rings. The van der Waals surface area contributed by atoms with Gasteiger partial charge >= 0.3 is 0 Å². The van der Waals surface area contributed by atoms with Crippen molar-refractivity contribution in [2.24, 2.45) is 5.73 Å². The van der Waals surface area contributed by atoms with Gasteiger partial charge in [-0.05, 0) is 26.5 Å². The van der Waals surface area contributed by atoms with Gasteiger partial charge in [-0.25, -0.2) is 4.39 Å². The van der Waals surface area contributed by atoms with E-state index < -0.39 is 5.82 Å². The van der Waals surface area contributed by atoms with Crippen LogP contribution in [0, 0.1) is 19.7 Å². The van der Waals surface area contributed by atoms with Crippen molar-refractivity contribution < 1.29 is 13.9 Å². The SMILES string of the molecule is COc1c(C)c(F)cc(C(=O)CCN)c1C. The molecule has 0 amide bonds. The number of hydrogen-bond acceptors (Lipinski definition) is 3. The Morgan fingerprint density at radius 3 is 2.56 bits per heavy atom. The fourth-order valence-electron chi connectivity index (χ4n) is 1.72. The van der Waals surface area contributed by atoms with Gasteiger partial charge in [-0.3, -0.25) is 4.79 Å². The Morgan fingerprint density at radius 1 is 1.44 bits per heavy atom. The van der Waals surface area contributed by atoms with E-state index in [2.05, 4.69) is 0 Å². The van der Waals surface area contributed by atoms with Gasteiger partial charge in [0.2, 0.25) is 0 Å². The van der Waals surface area contributed by atoms with Crippen LogP contribution in [0.5, 0.6) is 5.75 Å². The van der Waals surface area contributed by atoms with Crippen LogP contribution < -0.4 is 10.5 Å². The maximum Gasteiger partial charge on any atom is 0.164 e. The lowest BCUT2D eigenvalue weighted by atomic mass is 9.98. The molecule has 0 unspecified atom stereocenters. The van der Waals surface area contributed by atoms with Gasteiger partial charge in [-0.1, -0.05) is 0 Å². The molecule has 1 rings (SSSR count). The molecule has 0 aliphatic heterocycles. The molecule has 0 spiro atoms. The fraction of sp³-hybridized carbons (Fsp3) is 0.417. The molecule has 16 heavy (non-hydrogen) atoms. The molecule has 1 aromatic carbocycles. The summed E-state index contributed by atoms with van der Waals surface area (Å²) in [5, 5.41) is 0. The van der Waals surface area contributed by atoms with Crippen molar-refractivity contribution in [1.29, 1.82) is 0 Å². The van der Waals surface area contributed by atoms with Gasteiger partial charge in [0, 0.05) is 23.1 Å². The summed E-state index contributed by atoms with van der Waals surface area (Å²) in [7, 11) is 1.46. The number of carbonyl (C=O) groups excluding carboxylic acids is 1. The predicted octanol–water partition coefficient (Wildman–Crippen LogP) is 1.98. The predicted molar refractivity (Wildman–Crippen MR) is 60.4 cm³/mol. The topological polar surface area (TPSA) is 52.3 Å². The van der Waals surface area contributed by atoms with E-state index >= 15 is 0 Å². The standard InChI is InChI=1S/C12H16FNO2/c1-7-9(11(15)4-5-14)6-10(13)8(2)12(7)16-3/h6H,4-5,14H2,1-3H3. The monoisotopic (exact) mass is 225 g/mol. The molecule has 0 aliphatic carbocycles. The number of ether oxygens (including phenoxy) is 1.